The van der Waals surface area contributed by atoms with Gasteiger partial charge in [-0.25, -0.2) is 0 Å². The normalized spacial score (nSPS) is 22.4. The van der Waals surface area contributed by atoms with E-state index in [1.807, 2.05) is 7.11 Å². The van der Waals surface area contributed by atoms with Crippen LogP contribution in [0.25, 0.3) is 0 Å². The van der Waals surface area contributed by atoms with Crippen LogP contribution in [-0.4, -0.2) is 33.3 Å². The van der Waals surface area contributed by atoms with Gasteiger partial charge in [-0.3, -0.25) is 0 Å². The van der Waals surface area contributed by atoms with Crippen molar-refractivity contribution >= 4 is 5.69 Å². The Morgan fingerprint density at radius 2 is 2.26 bits per heavy atom. The minimum absolute atomic E-state index is 0.625. The molecule has 2 aliphatic heterocycles. The Kier molecular flexibility index (Phi) is 3.65. The van der Waals surface area contributed by atoms with E-state index in [9.17, 15) is 0 Å². The highest BCUT2D eigenvalue weighted by Gasteiger charge is 2.23. The quantitative estimate of drug-likeness (QED) is 0.903. The fraction of sp³-hybridized carbons (Fsp3) is 0.625. The lowest BCUT2D eigenvalue weighted by atomic mass is 9.95. The van der Waals surface area contributed by atoms with Crippen molar-refractivity contribution in [3.8, 4) is 5.75 Å². The van der Waals surface area contributed by atoms with Crippen molar-refractivity contribution in [3.63, 3.8) is 0 Å². The second-order valence-corrected chi connectivity index (χ2v) is 5.78. The van der Waals surface area contributed by atoms with E-state index in [0.717, 1.165) is 25.1 Å². The van der Waals surface area contributed by atoms with Crippen molar-refractivity contribution in [1.29, 1.82) is 0 Å². The Morgan fingerprint density at radius 3 is 3.00 bits per heavy atom. The van der Waals surface area contributed by atoms with Crippen LogP contribution in [0.5, 0.6) is 5.75 Å². The molecule has 1 fully saturated rings. The molecule has 0 aromatic heterocycles. The van der Waals surface area contributed by atoms with E-state index in [2.05, 4.69) is 29.4 Å². The number of ether oxygens (including phenoxy) is 1. The Balaban J connectivity index is 1.85. The van der Waals surface area contributed by atoms with E-state index in [1.165, 1.54) is 42.6 Å². The van der Waals surface area contributed by atoms with Gasteiger partial charge in [0.25, 0.3) is 0 Å². The Morgan fingerprint density at radius 1 is 1.37 bits per heavy atom. The minimum atomic E-state index is 0.625. The summed E-state index contributed by atoms with van der Waals surface area (Å²) in [6.45, 7) is 2.28. The second-order valence-electron chi connectivity index (χ2n) is 5.78. The number of fused-ring (bicyclic) bond motifs is 1. The van der Waals surface area contributed by atoms with E-state index < -0.39 is 0 Å². The Bertz CT molecular complexity index is 452. The van der Waals surface area contributed by atoms with Gasteiger partial charge in [0.15, 0.2) is 0 Å². The van der Waals surface area contributed by atoms with Crippen LogP contribution in [0.15, 0.2) is 12.1 Å². The molecule has 2 aliphatic rings. The Labute approximate surface area is 115 Å². The summed E-state index contributed by atoms with van der Waals surface area (Å²) < 4.78 is 5.72. The first-order valence-electron chi connectivity index (χ1n) is 7.43. The summed E-state index contributed by atoms with van der Waals surface area (Å²) >= 11 is 0. The standard InChI is InChI=1S/C16H24N2O/c1-18-10-8-14-15(18)7-6-12(16(14)19-2)11-13-5-3-4-9-17-13/h6-7,13,17H,3-5,8-11H2,1-2H3. The molecule has 0 radical (unpaired) electrons. The average molecular weight is 260 g/mol. The van der Waals surface area contributed by atoms with Crippen molar-refractivity contribution in [3.05, 3.63) is 23.3 Å². The fourth-order valence-electron chi connectivity index (χ4n) is 3.44. The van der Waals surface area contributed by atoms with Crippen molar-refractivity contribution < 1.29 is 4.74 Å². The first kappa shape index (κ1) is 12.8. The predicted octanol–water partition coefficient (Wildman–Crippen LogP) is 2.37. The van der Waals surface area contributed by atoms with E-state index in [0.29, 0.717) is 6.04 Å². The number of benzene rings is 1. The van der Waals surface area contributed by atoms with Gasteiger partial charge < -0.3 is 15.0 Å². The van der Waals surface area contributed by atoms with Gasteiger partial charge in [-0.1, -0.05) is 12.5 Å². The zero-order chi connectivity index (χ0) is 13.2. The molecule has 1 aromatic rings. The molecule has 0 spiro atoms. The maximum Gasteiger partial charge on any atom is 0.127 e. The van der Waals surface area contributed by atoms with Crippen LogP contribution in [0.4, 0.5) is 5.69 Å². The summed E-state index contributed by atoms with van der Waals surface area (Å²) in [5, 5.41) is 3.63. The number of piperidine rings is 1. The summed E-state index contributed by atoms with van der Waals surface area (Å²) in [5.41, 5.74) is 4.12. The molecule has 1 saturated heterocycles. The van der Waals surface area contributed by atoms with Gasteiger partial charge in [-0.05, 0) is 43.9 Å². The molecule has 1 aromatic carbocycles. The fourth-order valence-corrected chi connectivity index (χ4v) is 3.44. The molecule has 0 saturated carbocycles. The maximum atomic E-state index is 5.72. The lowest BCUT2D eigenvalue weighted by molar-refractivity contribution is 0.380. The minimum Gasteiger partial charge on any atom is -0.496 e. The number of hydrogen-bond acceptors (Lipinski definition) is 3. The van der Waals surface area contributed by atoms with Crippen LogP contribution in [0.1, 0.15) is 30.4 Å². The third-order valence-corrected chi connectivity index (χ3v) is 4.51. The number of rotatable bonds is 3. The SMILES string of the molecule is COc1c(CC2CCCCN2)ccc2c1CCN2C. The molecule has 1 atom stereocenters. The van der Waals surface area contributed by atoms with E-state index in [4.69, 9.17) is 4.74 Å². The summed E-state index contributed by atoms with van der Waals surface area (Å²) in [6.07, 6.45) is 6.18. The maximum absolute atomic E-state index is 5.72. The Hall–Kier alpha value is -1.22. The van der Waals surface area contributed by atoms with E-state index in [1.54, 1.807) is 0 Å². The number of hydrogen-bond donors (Lipinski definition) is 1. The summed E-state index contributed by atoms with van der Waals surface area (Å²) in [6, 6.07) is 5.15. The van der Waals surface area contributed by atoms with Crippen LogP contribution >= 0.6 is 0 Å². The van der Waals surface area contributed by atoms with Gasteiger partial charge in [-0.2, -0.15) is 0 Å². The summed E-state index contributed by atoms with van der Waals surface area (Å²) in [7, 11) is 3.97. The van der Waals surface area contributed by atoms with Crippen LogP contribution in [0.3, 0.4) is 0 Å². The molecule has 104 valence electrons. The third kappa shape index (κ3) is 2.44. The second kappa shape index (κ2) is 5.41. The zero-order valence-corrected chi connectivity index (χ0v) is 12.0. The molecule has 2 heterocycles. The first-order valence-corrected chi connectivity index (χ1v) is 7.43. The lowest BCUT2D eigenvalue weighted by Gasteiger charge is -2.25. The predicted molar refractivity (Wildman–Crippen MR) is 79.3 cm³/mol. The van der Waals surface area contributed by atoms with Crippen molar-refractivity contribution in [2.24, 2.45) is 0 Å². The first-order chi connectivity index (χ1) is 9.29. The van der Waals surface area contributed by atoms with Crippen LogP contribution < -0.4 is 15.0 Å². The number of nitrogens with zero attached hydrogens (tertiary/aromatic N) is 1. The lowest BCUT2D eigenvalue weighted by Crippen LogP contribution is -2.35. The molecular weight excluding hydrogens is 236 g/mol. The highest BCUT2D eigenvalue weighted by molar-refractivity contribution is 5.65. The van der Waals surface area contributed by atoms with Crippen LogP contribution in [0.2, 0.25) is 0 Å². The van der Waals surface area contributed by atoms with Gasteiger partial charge in [0.2, 0.25) is 0 Å². The monoisotopic (exact) mass is 260 g/mol. The highest BCUT2D eigenvalue weighted by atomic mass is 16.5. The number of likely N-dealkylation sites (N-methyl/N-ethyl adjacent to an activating group) is 1. The molecule has 0 bridgehead atoms. The molecule has 19 heavy (non-hydrogen) atoms. The molecule has 0 aliphatic carbocycles. The molecule has 0 amide bonds. The number of methoxy groups -OCH3 is 1. The van der Waals surface area contributed by atoms with Gasteiger partial charge in [0, 0.05) is 30.9 Å². The molecule has 1 unspecified atom stereocenters. The molecular formula is C16H24N2O. The van der Waals surface area contributed by atoms with Gasteiger partial charge in [0.1, 0.15) is 5.75 Å². The highest BCUT2D eigenvalue weighted by Crippen LogP contribution is 2.37. The van der Waals surface area contributed by atoms with Crippen LogP contribution in [-0.2, 0) is 12.8 Å². The van der Waals surface area contributed by atoms with E-state index >= 15 is 0 Å². The largest absolute Gasteiger partial charge is 0.496 e. The van der Waals surface area contributed by atoms with Crippen molar-refractivity contribution in [1.82, 2.24) is 5.32 Å². The van der Waals surface area contributed by atoms with Crippen LogP contribution in [0, 0.1) is 0 Å². The van der Waals surface area contributed by atoms with Gasteiger partial charge >= 0.3 is 0 Å². The van der Waals surface area contributed by atoms with Gasteiger partial charge in [-0.15, -0.1) is 0 Å². The molecule has 1 N–H and O–H groups in total. The molecule has 3 rings (SSSR count). The van der Waals surface area contributed by atoms with Crippen molar-refractivity contribution in [2.75, 3.05) is 32.1 Å². The smallest absolute Gasteiger partial charge is 0.127 e. The average Bonchev–Trinajstić information content (AvgIpc) is 2.82. The topological polar surface area (TPSA) is 24.5 Å². The third-order valence-electron chi connectivity index (χ3n) is 4.51. The summed E-state index contributed by atoms with van der Waals surface area (Å²) in [5.74, 6) is 1.13. The number of anilines is 1. The van der Waals surface area contributed by atoms with Crippen molar-refractivity contribution in [2.45, 2.75) is 38.1 Å². The zero-order valence-electron chi connectivity index (χ0n) is 12.0. The molecule has 3 nitrogen and oxygen atoms in total. The van der Waals surface area contributed by atoms with Gasteiger partial charge in [0.05, 0.1) is 7.11 Å². The molecule has 3 heteroatoms. The number of nitrogens with one attached hydrogen (secondary N) is 1. The summed E-state index contributed by atoms with van der Waals surface area (Å²) in [4.78, 5) is 2.32. The van der Waals surface area contributed by atoms with E-state index in [-0.39, 0.29) is 0 Å².